The molecule has 1 aliphatic carbocycles. The van der Waals surface area contributed by atoms with Crippen LogP contribution in [-0.4, -0.2) is 38.7 Å². The number of anilines is 1. The van der Waals surface area contributed by atoms with Crippen molar-refractivity contribution in [2.75, 3.05) is 11.9 Å². The van der Waals surface area contributed by atoms with E-state index in [0.29, 0.717) is 23.4 Å². The number of hydrogen-bond acceptors (Lipinski definition) is 7. The number of hydrogen-bond donors (Lipinski definition) is 1. The van der Waals surface area contributed by atoms with Crippen LogP contribution in [0.2, 0.25) is 5.02 Å². The van der Waals surface area contributed by atoms with Gasteiger partial charge >= 0.3 is 0 Å². The minimum Gasteiger partial charge on any atom is -0.395 e. The summed E-state index contributed by atoms with van der Waals surface area (Å²) in [6, 6.07) is 13.1. The predicted molar refractivity (Wildman–Crippen MR) is 153 cm³/mol. The summed E-state index contributed by atoms with van der Waals surface area (Å²) in [7, 11) is 0. The van der Waals surface area contributed by atoms with Gasteiger partial charge in [-0.05, 0) is 62.6 Å². The number of aliphatic imine (C=N–C) groups is 1. The number of oxime groups is 1. The molecule has 7 rings (SSSR count). The first-order valence-corrected chi connectivity index (χ1v) is 14.1. The maximum absolute atomic E-state index is 13.4. The van der Waals surface area contributed by atoms with Crippen LogP contribution in [0.4, 0.5) is 5.69 Å². The van der Waals surface area contributed by atoms with E-state index in [-0.39, 0.29) is 12.3 Å². The van der Waals surface area contributed by atoms with Gasteiger partial charge in [0.1, 0.15) is 23.5 Å². The Balaban J connectivity index is 1.25. The highest BCUT2D eigenvalue weighted by Crippen LogP contribution is 2.40. The van der Waals surface area contributed by atoms with Crippen molar-refractivity contribution in [2.45, 2.75) is 39.7 Å². The van der Waals surface area contributed by atoms with Gasteiger partial charge in [0.15, 0.2) is 5.82 Å². The number of amides is 1. The number of nitrogens with one attached hydrogen (secondary N) is 1. The van der Waals surface area contributed by atoms with Crippen LogP contribution in [0.5, 0.6) is 0 Å². The number of rotatable bonds is 4. The van der Waals surface area contributed by atoms with Gasteiger partial charge in [-0.1, -0.05) is 35.0 Å². The van der Waals surface area contributed by atoms with E-state index in [1.807, 2.05) is 49.4 Å². The minimum absolute atomic E-state index is 0.127. The molecule has 196 valence electrons. The van der Waals surface area contributed by atoms with Crippen molar-refractivity contribution in [1.82, 2.24) is 14.8 Å². The number of benzene rings is 2. The molecule has 4 aromatic rings. The van der Waals surface area contributed by atoms with E-state index in [4.69, 9.17) is 21.4 Å². The number of aromatic nitrogens is 3. The van der Waals surface area contributed by atoms with Gasteiger partial charge in [-0.2, -0.15) is 0 Å². The molecule has 0 spiro atoms. The molecule has 8 nitrogen and oxygen atoms in total. The molecule has 10 heteroatoms. The molecular weight excluding hydrogens is 532 g/mol. The minimum atomic E-state index is -0.517. The van der Waals surface area contributed by atoms with Crippen LogP contribution in [0.25, 0.3) is 5.00 Å². The maximum atomic E-state index is 13.4. The van der Waals surface area contributed by atoms with Crippen molar-refractivity contribution in [3.05, 3.63) is 91.8 Å². The highest BCUT2D eigenvalue weighted by molar-refractivity contribution is 7.15. The molecule has 0 fully saturated rings. The second-order valence-electron chi connectivity index (χ2n) is 10.2. The zero-order valence-electron chi connectivity index (χ0n) is 21.7. The summed E-state index contributed by atoms with van der Waals surface area (Å²) in [5.41, 5.74) is 8.04. The largest absolute Gasteiger partial charge is 0.395 e. The van der Waals surface area contributed by atoms with E-state index in [0.717, 1.165) is 56.6 Å². The molecule has 0 radical (unpaired) electrons. The molecule has 2 aromatic carbocycles. The van der Waals surface area contributed by atoms with Crippen LogP contribution in [0, 0.1) is 26.7 Å². The average molecular weight is 557 g/mol. The SMILES string of the molecule is Cc1sc2c(c1C)C(c1ccc(Cl)cc1)=N[C@@H](CC(=O)Nc1ccc3c(c1)CC1CON=C31)c1nnc(C)n1-2. The molecule has 0 saturated heterocycles. The number of halogens is 1. The predicted octanol–water partition coefficient (Wildman–Crippen LogP) is 5.73. The van der Waals surface area contributed by atoms with Crippen molar-refractivity contribution >= 4 is 46.0 Å². The first kappa shape index (κ1) is 24.2. The summed E-state index contributed by atoms with van der Waals surface area (Å²) in [5.74, 6) is 1.60. The van der Waals surface area contributed by atoms with Gasteiger partial charge in [0.05, 0.1) is 17.8 Å². The Labute approximate surface area is 234 Å². The van der Waals surface area contributed by atoms with Gasteiger partial charge in [0.2, 0.25) is 5.91 Å². The fourth-order valence-corrected chi connectivity index (χ4v) is 6.99. The van der Waals surface area contributed by atoms with Gasteiger partial charge in [-0.15, -0.1) is 21.5 Å². The van der Waals surface area contributed by atoms with Crippen molar-refractivity contribution in [3.63, 3.8) is 0 Å². The van der Waals surface area contributed by atoms with E-state index in [9.17, 15) is 4.79 Å². The summed E-state index contributed by atoms with van der Waals surface area (Å²) in [4.78, 5) is 25.1. The van der Waals surface area contributed by atoms with Crippen LogP contribution < -0.4 is 5.32 Å². The third-order valence-corrected chi connectivity index (χ3v) is 9.14. The standard InChI is InChI=1S/C29H25ClN6O2S/c1-14-15(2)39-29-25(14)27(17-4-6-20(30)7-5-17)32-23(28-34-33-16(3)36(28)29)12-24(37)31-21-8-9-22-18(11-21)10-19-13-38-35-26(19)22/h4-9,11,19,23H,10,12-13H2,1-3H3,(H,31,37)/t19?,23-/m0/s1. The monoisotopic (exact) mass is 556 g/mol. The molecule has 1 unspecified atom stereocenters. The Morgan fingerprint density at radius 3 is 2.79 bits per heavy atom. The quantitative estimate of drug-likeness (QED) is 0.347. The second kappa shape index (κ2) is 9.14. The third kappa shape index (κ3) is 3.99. The number of thiophene rings is 1. The molecule has 1 N–H and O–H groups in total. The smallest absolute Gasteiger partial charge is 0.227 e. The van der Waals surface area contributed by atoms with E-state index >= 15 is 0 Å². The molecule has 2 aromatic heterocycles. The average Bonchev–Trinajstić information content (AvgIpc) is 3.64. The first-order chi connectivity index (χ1) is 18.9. The van der Waals surface area contributed by atoms with E-state index in [2.05, 4.69) is 39.1 Å². The molecule has 0 bridgehead atoms. The molecule has 4 heterocycles. The maximum Gasteiger partial charge on any atom is 0.227 e. The van der Waals surface area contributed by atoms with Crippen molar-refractivity contribution < 1.29 is 9.63 Å². The summed E-state index contributed by atoms with van der Waals surface area (Å²) in [5, 5.41) is 17.8. The van der Waals surface area contributed by atoms with Gasteiger partial charge < -0.3 is 10.2 Å². The van der Waals surface area contributed by atoms with Crippen molar-refractivity contribution in [1.29, 1.82) is 0 Å². The van der Waals surface area contributed by atoms with Gasteiger partial charge in [-0.3, -0.25) is 14.4 Å². The fraction of sp³-hybridized carbons (Fsp3) is 0.276. The zero-order chi connectivity index (χ0) is 26.8. The lowest BCUT2D eigenvalue weighted by atomic mass is 9.99. The summed E-state index contributed by atoms with van der Waals surface area (Å²) >= 11 is 7.90. The Hall–Kier alpha value is -3.82. The van der Waals surface area contributed by atoms with Crippen molar-refractivity contribution in [3.8, 4) is 5.00 Å². The molecule has 0 saturated carbocycles. The number of aryl methyl sites for hydroxylation is 2. The second-order valence-corrected chi connectivity index (χ2v) is 11.8. The highest BCUT2D eigenvalue weighted by Gasteiger charge is 2.34. The highest BCUT2D eigenvalue weighted by atomic mass is 35.5. The third-order valence-electron chi connectivity index (χ3n) is 7.69. The molecular formula is C29H25ClN6O2S. The van der Waals surface area contributed by atoms with Crippen LogP contribution >= 0.6 is 22.9 Å². The molecule has 39 heavy (non-hydrogen) atoms. The van der Waals surface area contributed by atoms with Crippen molar-refractivity contribution in [2.24, 2.45) is 16.1 Å². The van der Waals surface area contributed by atoms with Crippen LogP contribution in [0.1, 0.15) is 56.8 Å². The zero-order valence-corrected chi connectivity index (χ0v) is 23.2. The van der Waals surface area contributed by atoms with Crippen LogP contribution in [0.3, 0.4) is 0 Å². The van der Waals surface area contributed by atoms with E-state index < -0.39 is 6.04 Å². The molecule has 2 atom stereocenters. The lowest BCUT2D eigenvalue weighted by Gasteiger charge is -2.13. The molecule has 1 amide bonds. The van der Waals surface area contributed by atoms with Gasteiger partial charge in [0.25, 0.3) is 0 Å². The number of fused-ring (bicyclic) bond motifs is 6. The van der Waals surface area contributed by atoms with E-state index in [1.54, 1.807) is 11.3 Å². The number of carbonyl (C=O) groups is 1. The summed E-state index contributed by atoms with van der Waals surface area (Å²) in [6.07, 6.45) is 1.00. The van der Waals surface area contributed by atoms with Crippen LogP contribution in [0.15, 0.2) is 52.6 Å². The lowest BCUT2D eigenvalue weighted by molar-refractivity contribution is -0.116. The Morgan fingerprint density at radius 2 is 1.97 bits per heavy atom. The van der Waals surface area contributed by atoms with Gasteiger partial charge in [-0.25, -0.2) is 0 Å². The van der Waals surface area contributed by atoms with Gasteiger partial charge in [0, 0.05) is 38.2 Å². The lowest BCUT2D eigenvalue weighted by Crippen LogP contribution is -2.17. The normalized spacial score (nSPS) is 18.8. The first-order valence-electron chi connectivity index (χ1n) is 12.9. The summed E-state index contributed by atoms with van der Waals surface area (Å²) in [6.45, 7) is 6.78. The Kier molecular flexibility index (Phi) is 5.68. The topological polar surface area (TPSA) is 93.8 Å². The Bertz CT molecular complexity index is 1720. The molecule has 3 aliphatic rings. The van der Waals surface area contributed by atoms with E-state index in [1.165, 1.54) is 10.4 Å². The number of carbonyl (C=O) groups excluding carboxylic acids is 1. The summed E-state index contributed by atoms with van der Waals surface area (Å²) < 4.78 is 2.06. The van der Waals surface area contributed by atoms with Crippen LogP contribution in [-0.2, 0) is 16.1 Å². The Morgan fingerprint density at radius 1 is 1.15 bits per heavy atom. The number of nitrogens with zero attached hydrogens (tertiary/aromatic N) is 5. The molecule has 2 aliphatic heterocycles. The fourth-order valence-electron chi connectivity index (χ4n) is 5.65.